The fraction of sp³-hybridized carbons (Fsp3) is 0.558. The van der Waals surface area contributed by atoms with E-state index in [1.807, 2.05) is 32.2 Å². The summed E-state index contributed by atoms with van der Waals surface area (Å²) in [5.74, 6) is -1.35. The molecule has 0 radical (unpaired) electrons. The first kappa shape index (κ1) is 51.2. The van der Waals surface area contributed by atoms with Crippen molar-refractivity contribution in [1.82, 2.24) is 45.0 Å². The van der Waals surface area contributed by atoms with Crippen LogP contribution in [0, 0.1) is 17.3 Å². The van der Waals surface area contributed by atoms with Crippen LogP contribution in [0.1, 0.15) is 96.0 Å². The van der Waals surface area contributed by atoms with Crippen molar-refractivity contribution in [3.05, 3.63) is 70.8 Å². The van der Waals surface area contributed by atoms with Crippen molar-refractivity contribution < 1.29 is 33.4 Å². The third-order valence-electron chi connectivity index (χ3n) is 14.1. The number of hydrazine groups is 1. The fourth-order valence-electron chi connectivity index (χ4n) is 10.1. The van der Waals surface area contributed by atoms with Gasteiger partial charge in [0.2, 0.25) is 11.8 Å². The van der Waals surface area contributed by atoms with Crippen molar-refractivity contribution in [3.8, 4) is 22.5 Å². The third kappa shape index (κ3) is 11.4. The minimum atomic E-state index is -1.07. The molecule has 69 heavy (non-hydrogen) atoms. The SMILES string of the molecule is C=CC(=O)N(C)CCC1CCN(C(=O)N(C)[C@H](C(=O)N[C@H]2Cc3nc(cs3)-c3ccc4c(c3)c(c(-c3cccnc3[C@H](C)OC)n4CC)CC(C)(C)COC(=O)C3CCCN(N3)C2=O)C(C)C)CC1. The summed E-state index contributed by atoms with van der Waals surface area (Å²) >= 11 is 1.42. The van der Waals surface area contributed by atoms with Gasteiger partial charge in [0.05, 0.1) is 34.8 Å². The van der Waals surface area contributed by atoms with Crippen molar-refractivity contribution in [2.24, 2.45) is 17.3 Å². The lowest BCUT2D eigenvalue weighted by molar-refractivity contribution is -0.155. The van der Waals surface area contributed by atoms with Gasteiger partial charge in [0.15, 0.2) is 0 Å². The number of thiazole rings is 1. The van der Waals surface area contributed by atoms with Crippen LogP contribution in [0.2, 0.25) is 0 Å². The standard InChI is InChI=1S/C52H71N9O7S/c1-11-44(62)57(8)24-19-34-20-25-59(26-21-34)51(66)58(9)46(32(3)4)48(63)55-40-28-43-54-41(30-69-43)35-17-18-42-37(27-35)38(47(60(42)12-2)36-15-13-22-53-45(36)33(5)67-10)29-52(6,7)31-68-50(65)39-16-14-23-61(56-39)49(40)64/h11,13,15,17-18,22,27,30,32-34,39-40,46,56H,1,12,14,16,19-21,23-26,28-29,31H2,2-10H3,(H,55,63)/t33-,39?,40-,46-/m0/s1. The number of pyridine rings is 1. The number of carbonyl (C=O) groups is 5. The Morgan fingerprint density at radius 1 is 1.10 bits per heavy atom. The molecule has 4 atom stereocenters. The number of rotatable bonds is 12. The number of esters is 1. The molecule has 5 amide bonds. The number of likely N-dealkylation sites (N-methyl/N-ethyl adjacent to an activating group) is 2. The van der Waals surface area contributed by atoms with Gasteiger partial charge in [-0.1, -0.05) is 40.3 Å². The molecule has 4 aromatic rings. The predicted molar refractivity (Wildman–Crippen MR) is 268 cm³/mol. The Morgan fingerprint density at radius 2 is 1.86 bits per heavy atom. The van der Waals surface area contributed by atoms with E-state index in [1.165, 1.54) is 27.3 Å². The molecule has 6 heterocycles. The summed E-state index contributed by atoms with van der Waals surface area (Å²) < 4.78 is 14.3. The molecule has 7 rings (SSSR count). The maximum atomic E-state index is 14.7. The predicted octanol–water partition coefficient (Wildman–Crippen LogP) is 7.03. The summed E-state index contributed by atoms with van der Waals surface area (Å²) in [6, 6.07) is 7.45. The van der Waals surface area contributed by atoms with Gasteiger partial charge < -0.3 is 34.1 Å². The van der Waals surface area contributed by atoms with E-state index in [1.54, 1.807) is 37.2 Å². The zero-order valence-electron chi connectivity index (χ0n) is 41.9. The molecule has 17 heteroatoms. The summed E-state index contributed by atoms with van der Waals surface area (Å²) in [4.78, 5) is 84.1. The van der Waals surface area contributed by atoms with Gasteiger partial charge in [-0.3, -0.25) is 29.2 Å². The average molecular weight is 966 g/mol. The second kappa shape index (κ2) is 22.0. The Bertz CT molecular complexity index is 2530. The van der Waals surface area contributed by atoms with E-state index in [0.717, 1.165) is 63.9 Å². The second-order valence-corrected chi connectivity index (χ2v) is 21.0. The Labute approximate surface area is 410 Å². The van der Waals surface area contributed by atoms with Crippen LogP contribution in [0.3, 0.4) is 0 Å². The maximum Gasteiger partial charge on any atom is 0.324 e. The molecule has 16 nitrogen and oxygen atoms in total. The highest BCUT2D eigenvalue weighted by Gasteiger charge is 2.39. The van der Waals surface area contributed by atoms with Gasteiger partial charge in [-0.15, -0.1) is 11.3 Å². The van der Waals surface area contributed by atoms with Crippen molar-refractivity contribution >= 4 is 52.0 Å². The lowest BCUT2D eigenvalue weighted by Crippen LogP contribution is -2.62. The molecule has 0 saturated carbocycles. The van der Waals surface area contributed by atoms with Crippen molar-refractivity contribution in [2.75, 3.05) is 54.0 Å². The molecule has 3 aliphatic heterocycles. The number of hydrogen-bond donors (Lipinski definition) is 2. The van der Waals surface area contributed by atoms with Crippen molar-refractivity contribution in [3.63, 3.8) is 0 Å². The fourth-order valence-corrected chi connectivity index (χ4v) is 11.0. The number of nitrogens with one attached hydrogen (secondary N) is 2. The Balaban J connectivity index is 1.20. The molecule has 6 bridgehead atoms. The number of piperidine rings is 1. The minimum absolute atomic E-state index is 0.0889. The minimum Gasteiger partial charge on any atom is -0.464 e. The Kier molecular flexibility index (Phi) is 16.3. The molecule has 1 unspecified atom stereocenters. The van der Waals surface area contributed by atoms with Crippen LogP contribution in [0.15, 0.2) is 54.6 Å². The normalized spacial score (nSPS) is 20.0. The van der Waals surface area contributed by atoms with Crippen LogP contribution in [0.5, 0.6) is 0 Å². The summed E-state index contributed by atoms with van der Waals surface area (Å²) in [5, 5.41) is 8.18. The van der Waals surface area contributed by atoms with Crippen LogP contribution < -0.4 is 10.7 Å². The number of urea groups is 1. The zero-order chi connectivity index (χ0) is 49.7. The van der Waals surface area contributed by atoms with Crippen LogP contribution in [-0.2, 0) is 48.0 Å². The number of ether oxygens (including phenoxy) is 2. The molecule has 3 aliphatic rings. The molecule has 372 valence electrons. The van der Waals surface area contributed by atoms with Gasteiger partial charge in [0.1, 0.15) is 18.1 Å². The molecule has 1 aromatic carbocycles. The van der Waals surface area contributed by atoms with Gasteiger partial charge in [-0.25, -0.2) is 15.2 Å². The summed E-state index contributed by atoms with van der Waals surface area (Å²) in [5.41, 5.74) is 9.31. The van der Waals surface area contributed by atoms with E-state index in [4.69, 9.17) is 19.4 Å². The summed E-state index contributed by atoms with van der Waals surface area (Å²) in [6.07, 6.45) is 6.95. The second-order valence-electron chi connectivity index (χ2n) is 20.0. The van der Waals surface area contributed by atoms with Crippen molar-refractivity contribution in [2.45, 2.75) is 117 Å². The first-order chi connectivity index (χ1) is 32.9. The molecule has 2 fully saturated rings. The maximum absolute atomic E-state index is 14.7. The topological polar surface area (TPSA) is 172 Å². The molecule has 3 aromatic heterocycles. The Hall–Kier alpha value is -5.65. The largest absolute Gasteiger partial charge is 0.464 e. The molecule has 0 spiro atoms. The zero-order valence-corrected chi connectivity index (χ0v) is 42.7. The highest BCUT2D eigenvalue weighted by molar-refractivity contribution is 7.10. The summed E-state index contributed by atoms with van der Waals surface area (Å²) in [7, 11) is 5.10. The number of likely N-dealkylation sites (tertiary alicyclic amines) is 1. The van der Waals surface area contributed by atoms with E-state index in [2.05, 4.69) is 66.9 Å². The number of amides is 5. The van der Waals surface area contributed by atoms with E-state index in [-0.39, 0.29) is 37.0 Å². The van der Waals surface area contributed by atoms with Gasteiger partial charge >= 0.3 is 12.0 Å². The van der Waals surface area contributed by atoms with Crippen LogP contribution >= 0.6 is 11.3 Å². The number of aryl methyl sites for hydroxylation is 1. The van der Waals surface area contributed by atoms with E-state index in [0.29, 0.717) is 62.9 Å². The number of benzene rings is 1. The van der Waals surface area contributed by atoms with E-state index in [9.17, 15) is 24.0 Å². The van der Waals surface area contributed by atoms with Gasteiger partial charge in [0, 0.05) is 99.4 Å². The summed E-state index contributed by atoms with van der Waals surface area (Å²) in [6.45, 7) is 18.5. The van der Waals surface area contributed by atoms with E-state index < -0.39 is 41.3 Å². The molecular weight excluding hydrogens is 895 g/mol. The number of nitrogens with zero attached hydrogens (tertiary/aromatic N) is 7. The van der Waals surface area contributed by atoms with Crippen LogP contribution in [0.4, 0.5) is 4.79 Å². The monoisotopic (exact) mass is 966 g/mol. The first-order valence-electron chi connectivity index (χ1n) is 24.5. The number of fused-ring (bicyclic) bond motifs is 6. The van der Waals surface area contributed by atoms with Crippen LogP contribution in [0.25, 0.3) is 33.4 Å². The lowest BCUT2D eigenvalue weighted by atomic mass is 9.84. The average Bonchev–Trinajstić information content (AvgIpc) is 3.94. The van der Waals surface area contributed by atoms with Crippen molar-refractivity contribution in [1.29, 1.82) is 0 Å². The molecular formula is C52H71N9O7S. The number of aromatic nitrogens is 3. The Morgan fingerprint density at radius 3 is 2.55 bits per heavy atom. The third-order valence-corrected chi connectivity index (χ3v) is 15.0. The first-order valence-corrected chi connectivity index (χ1v) is 25.3. The number of methoxy groups -OCH3 is 1. The quantitative estimate of drug-likeness (QED) is 0.111. The van der Waals surface area contributed by atoms with Gasteiger partial charge in [0.25, 0.3) is 5.91 Å². The molecule has 2 N–H and O–H groups in total. The molecule has 2 saturated heterocycles. The van der Waals surface area contributed by atoms with Gasteiger partial charge in [-0.05, 0) is 100 Å². The lowest BCUT2D eigenvalue weighted by Gasteiger charge is -2.39. The molecule has 0 aliphatic carbocycles. The van der Waals surface area contributed by atoms with Crippen LogP contribution in [-0.4, -0.2) is 136 Å². The number of cyclic esters (lactones) is 1. The number of hydrogen-bond acceptors (Lipinski definition) is 11. The smallest absolute Gasteiger partial charge is 0.324 e. The van der Waals surface area contributed by atoms with Gasteiger partial charge in [-0.2, -0.15) is 0 Å². The number of carbonyl (C=O) groups excluding carboxylic acids is 5. The highest BCUT2D eigenvalue weighted by Crippen LogP contribution is 2.42. The van der Waals surface area contributed by atoms with E-state index >= 15 is 0 Å². The highest BCUT2D eigenvalue weighted by atomic mass is 32.1.